The second kappa shape index (κ2) is 6.59. The maximum Gasteiger partial charge on any atom is 0.277 e. The van der Waals surface area contributed by atoms with Gasteiger partial charge in [-0.1, -0.05) is 30.3 Å². The smallest absolute Gasteiger partial charge is 0.277 e. The number of aryl methyl sites for hydroxylation is 2. The topological polar surface area (TPSA) is 58.1 Å². The van der Waals surface area contributed by atoms with Crippen LogP contribution >= 0.6 is 0 Å². The third-order valence-electron chi connectivity index (χ3n) is 4.67. The molecule has 0 saturated carbocycles. The number of benzene rings is 2. The third-order valence-corrected chi connectivity index (χ3v) is 4.67. The summed E-state index contributed by atoms with van der Waals surface area (Å²) >= 11 is 0. The number of amides is 1. The number of para-hydroxylation sites is 1. The van der Waals surface area contributed by atoms with Gasteiger partial charge in [0.2, 0.25) is 0 Å². The van der Waals surface area contributed by atoms with Crippen molar-refractivity contribution in [3.63, 3.8) is 0 Å². The highest BCUT2D eigenvalue weighted by Gasteiger charge is 2.26. The zero-order chi connectivity index (χ0) is 18.1. The van der Waals surface area contributed by atoms with E-state index in [1.165, 1.54) is 11.9 Å². The van der Waals surface area contributed by atoms with Gasteiger partial charge in [-0.3, -0.25) is 4.79 Å². The molecule has 0 fully saturated rings. The fourth-order valence-electron chi connectivity index (χ4n) is 3.24. The van der Waals surface area contributed by atoms with Crippen LogP contribution in [-0.2, 0) is 6.42 Å². The number of rotatable bonds is 3. The molecule has 0 radical (unpaired) electrons. The lowest BCUT2D eigenvalue weighted by Gasteiger charge is -2.17. The fraction of sp³-hybridized carbons (Fsp3) is 0.190. The molecule has 3 aromatic rings. The van der Waals surface area contributed by atoms with E-state index in [4.69, 9.17) is 0 Å². The Hall–Kier alpha value is -3.21. The van der Waals surface area contributed by atoms with Crippen LogP contribution in [0.4, 0.5) is 17.2 Å². The van der Waals surface area contributed by atoms with Crippen LogP contribution in [0.1, 0.15) is 27.2 Å². The van der Waals surface area contributed by atoms with Gasteiger partial charge < -0.3 is 10.2 Å². The van der Waals surface area contributed by atoms with Gasteiger partial charge in [0.25, 0.3) is 5.91 Å². The third kappa shape index (κ3) is 3.04. The van der Waals surface area contributed by atoms with Crippen molar-refractivity contribution < 1.29 is 4.79 Å². The minimum absolute atomic E-state index is 0.0960. The second-order valence-electron chi connectivity index (χ2n) is 6.57. The first kappa shape index (κ1) is 16.3. The molecule has 1 aromatic heterocycles. The largest absolute Gasteiger partial charge is 0.340 e. The molecular weight excluding hydrogens is 324 g/mol. The highest BCUT2D eigenvalue weighted by atomic mass is 16.2. The van der Waals surface area contributed by atoms with Gasteiger partial charge in [0.15, 0.2) is 0 Å². The summed E-state index contributed by atoms with van der Waals surface area (Å²) in [5.74, 6) is 0.519. The molecule has 130 valence electrons. The molecule has 0 bridgehead atoms. The van der Waals surface area contributed by atoms with Crippen molar-refractivity contribution in [2.75, 3.05) is 16.8 Å². The predicted octanol–water partition coefficient (Wildman–Crippen LogP) is 4.04. The normalized spacial score (nSPS) is 12.8. The summed E-state index contributed by atoms with van der Waals surface area (Å²) in [5.41, 5.74) is 5.83. The number of aromatic nitrogens is 2. The Balaban J connectivity index is 1.60. The van der Waals surface area contributed by atoms with Crippen LogP contribution < -0.4 is 10.2 Å². The van der Waals surface area contributed by atoms with Gasteiger partial charge in [-0.2, -0.15) is 0 Å². The highest BCUT2D eigenvalue weighted by Crippen LogP contribution is 2.29. The molecule has 2 aromatic carbocycles. The first-order chi connectivity index (χ1) is 12.6. The summed E-state index contributed by atoms with van der Waals surface area (Å²) in [6.07, 6.45) is 2.31. The molecule has 5 nitrogen and oxygen atoms in total. The minimum Gasteiger partial charge on any atom is -0.340 e. The number of hydrogen-bond acceptors (Lipinski definition) is 4. The van der Waals surface area contributed by atoms with Gasteiger partial charge in [-0.05, 0) is 49.1 Å². The first-order valence-electron chi connectivity index (χ1n) is 8.68. The molecule has 1 aliphatic rings. The summed E-state index contributed by atoms with van der Waals surface area (Å²) in [5, 5.41) is 3.30. The van der Waals surface area contributed by atoms with Crippen molar-refractivity contribution in [3.05, 3.63) is 77.2 Å². The van der Waals surface area contributed by atoms with E-state index in [2.05, 4.69) is 39.6 Å². The summed E-state index contributed by atoms with van der Waals surface area (Å²) in [6, 6.07) is 15.9. The Morgan fingerprint density at radius 3 is 2.81 bits per heavy atom. The highest BCUT2D eigenvalue weighted by molar-refractivity contribution is 6.06. The van der Waals surface area contributed by atoms with Crippen molar-refractivity contribution in [1.29, 1.82) is 0 Å². The molecule has 5 heteroatoms. The van der Waals surface area contributed by atoms with E-state index in [1.807, 2.05) is 32.0 Å². The minimum atomic E-state index is -0.0960. The van der Waals surface area contributed by atoms with Gasteiger partial charge in [0, 0.05) is 24.0 Å². The first-order valence-corrected chi connectivity index (χ1v) is 8.68. The zero-order valence-electron chi connectivity index (χ0n) is 14.9. The molecule has 0 saturated heterocycles. The van der Waals surface area contributed by atoms with Crippen molar-refractivity contribution in [2.45, 2.75) is 20.3 Å². The van der Waals surface area contributed by atoms with E-state index in [9.17, 15) is 4.79 Å². The van der Waals surface area contributed by atoms with Crippen molar-refractivity contribution in [1.82, 2.24) is 9.97 Å². The SMILES string of the molecule is Cc1ccc(C)c(Nc2cc(C(=O)N3CCc4ccccc43)ncn2)c1. The van der Waals surface area contributed by atoms with Gasteiger partial charge >= 0.3 is 0 Å². The Morgan fingerprint density at radius 1 is 1.08 bits per heavy atom. The maximum atomic E-state index is 12.9. The molecule has 0 atom stereocenters. The van der Waals surface area contributed by atoms with Gasteiger partial charge in [0.05, 0.1) is 0 Å². The fourth-order valence-corrected chi connectivity index (χ4v) is 3.24. The number of carbonyl (C=O) groups excluding carboxylic acids is 1. The number of hydrogen-bond donors (Lipinski definition) is 1. The predicted molar refractivity (Wildman–Crippen MR) is 103 cm³/mol. The molecule has 2 heterocycles. The standard InChI is InChI=1S/C21H20N4O/c1-14-7-8-15(2)17(11-14)24-20-12-18(22-13-23-20)21(26)25-10-9-16-5-3-4-6-19(16)25/h3-8,11-13H,9-10H2,1-2H3,(H,22,23,24). The van der Waals surface area contributed by atoms with E-state index < -0.39 is 0 Å². The quantitative estimate of drug-likeness (QED) is 0.779. The van der Waals surface area contributed by atoms with Crippen LogP contribution in [0.3, 0.4) is 0 Å². The zero-order valence-corrected chi connectivity index (χ0v) is 14.9. The number of carbonyl (C=O) groups is 1. The average Bonchev–Trinajstić information content (AvgIpc) is 3.08. The van der Waals surface area contributed by atoms with Crippen molar-refractivity contribution in [2.24, 2.45) is 0 Å². The van der Waals surface area contributed by atoms with Gasteiger partial charge in [-0.25, -0.2) is 9.97 Å². The van der Waals surface area contributed by atoms with Gasteiger partial charge in [-0.15, -0.1) is 0 Å². The van der Waals surface area contributed by atoms with E-state index in [0.29, 0.717) is 18.1 Å². The van der Waals surface area contributed by atoms with Crippen LogP contribution in [-0.4, -0.2) is 22.4 Å². The molecular formula is C21H20N4O. The summed E-state index contributed by atoms with van der Waals surface area (Å²) in [7, 11) is 0. The van der Waals surface area contributed by atoms with Gasteiger partial charge in [0.1, 0.15) is 17.8 Å². The van der Waals surface area contributed by atoms with E-state index in [1.54, 1.807) is 11.0 Å². The summed E-state index contributed by atoms with van der Waals surface area (Å²) in [6.45, 7) is 4.77. The lowest BCUT2D eigenvalue weighted by molar-refractivity contribution is 0.0984. The van der Waals surface area contributed by atoms with Crippen LogP contribution in [0.5, 0.6) is 0 Å². The molecule has 1 aliphatic heterocycles. The number of fused-ring (bicyclic) bond motifs is 1. The molecule has 4 rings (SSSR count). The number of nitrogens with one attached hydrogen (secondary N) is 1. The molecule has 0 unspecified atom stereocenters. The second-order valence-corrected chi connectivity index (χ2v) is 6.57. The Labute approximate surface area is 152 Å². The Bertz CT molecular complexity index is 983. The summed E-state index contributed by atoms with van der Waals surface area (Å²) in [4.78, 5) is 23.2. The molecule has 0 aliphatic carbocycles. The van der Waals surface area contributed by atoms with Crippen molar-refractivity contribution in [3.8, 4) is 0 Å². The average molecular weight is 344 g/mol. The van der Waals surface area contributed by atoms with Crippen LogP contribution in [0.15, 0.2) is 54.9 Å². The van der Waals surface area contributed by atoms with Crippen LogP contribution in [0.2, 0.25) is 0 Å². The molecule has 1 N–H and O–H groups in total. The summed E-state index contributed by atoms with van der Waals surface area (Å²) < 4.78 is 0. The molecule has 1 amide bonds. The van der Waals surface area contributed by atoms with E-state index >= 15 is 0 Å². The van der Waals surface area contributed by atoms with Crippen LogP contribution in [0, 0.1) is 13.8 Å². The lowest BCUT2D eigenvalue weighted by atomic mass is 10.1. The van der Waals surface area contributed by atoms with E-state index in [-0.39, 0.29) is 5.91 Å². The number of nitrogens with zero attached hydrogens (tertiary/aromatic N) is 3. The van der Waals surface area contributed by atoms with Crippen LogP contribution in [0.25, 0.3) is 0 Å². The molecule has 0 spiro atoms. The molecule has 26 heavy (non-hydrogen) atoms. The monoisotopic (exact) mass is 344 g/mol. The van der Waals surface area contributed by atoms with E-state index in [0.717, 1.165) is 28.9 Å². The van der Waals surface area contributed by atoms with Crippen molar-refractivity contribution >= 4 is 23.1 Å². The lowest BCUT2D eigenvalue weighted by Crippen LogP contribution is -2.29. The number of anilines is 3. The Morgan fingerprint density at radius 2 is 1.92 bits per heavy atom. The maximum absolute atomic E-state index is 12.9. The Kier molecular flexibility index (Phi) is 4.13.